The molecule has 1 unspecified atom stereocenters. The number of fused-ring (bicyclic) bond motifs is 3. The zero-order valence-electron chi connectivity index (χ0n) is 37.3. The zero-order chi connectivity index (χ0) is 45.4. The number of carbonyl (C=O) groups is 2. The predicted molar refractivity (Wildman–Crippen MR) is 224 cm³/mol. The van der Waals surface area contributed by atoms with Crippen LogP contribution in [0.5, 0.6) is 0 Å². The molecule has 0 aromatic heterocycles. The normalized spacial score (nSPS) is 41.2. The van der Waals surface area contributed by atoms with Crippen molar-refractivity contribution < 1.29 is 71.0 Å². The first-order valence-electron chi connectivity index (χ1n) is 21.8. The van der Waals surface area contributed by atoms with E-state index in [9.17, 15) is 43.0 Å². The number of aliphatic hydroxyl groups is 4. The van der Waals surface area contributed by atoms with Crippen LogP contribution in [0.1, 0.15) is 112 Å². The van der Waals surface area contributed by atoms with Gasteiger partial charge in [-0.15, -0.1) is 0 Å². The van der Waals surface area contributed by atoms with Crippen molar-refractivity contribution in [2.24, 2.45) is 34.7 Å². The molecule has 2 saturated heterocycles. The first kappa shape index (κ1) is 51.1. The van der Waals surface area contributed by atoms with Crippen molar-refractivity contribution in [2.45, 2.75) is 173 Å². The summed E-state index contributed by atoms with van der Waals surface area (Å²) in [5.74, 6) is -6.30. The third-order valence-corrected chi connectivity index (χ3v) is 13.6. The number of aliphatic hydroxyl groups excluding tert-OH is 3. The summed E-state index contributed by atoms with van der Waals surface area (Å²) in [5.41, 5.74) is 1.63. The van der Waals surface area contributed by atoms with E-state index in [1.54, 1.807) is 20.8 Å². The van der Waals surface area contributed by atoms with Gasteiger partial charge in [0.15, 0.2) is 6.10 Å². The standard InChI is InChI=1S/C43H72N2O15S/c1-10-30-18-24(2)17-25(3)19-36(56-8)39-37(57-9)21-27(5)43(51,59-39)40(48)41(49)45-16-12-11-13-32(45)42(50)58-38(26(4)20-29-14-15-33(46)35(22-29)55-7)28(6)34(47)23-31(30)44-60-61(52,53)54/h18,20,25,27-30,32-40,46-48,51H,10-17,19,21-23H2,1-9H3,(H,52,53,54)/b24-18+,26-20+,44-31-/t25-,27+,28+,29-,30+,32-,33+,34-,35+,36-,37-,38+,39+,40?,43+/m0/s1. The van der Waals surface area contributed by atoms with Crippen LogP contribution in [-0.2, 0) is 48.0 Å². The first-order valence-corrected chi connectivity index (χ1v) is 23.2. The molecule has 61 heavy (non-hydrogen) atoms. The molecule has 5 N–H and O–H groups in total. The van der Waals surface area contributed by atoms with Gasteiger partial charge in [0.05, 0.1) is 36.2 Å². The molecule has 0 aromatic carbocycles. The highest BCUT2D eigenvalue weighted by Gasteiger charge is 2.56. The number of methoxy groups -OCH3 is 3. The largest absolute Gasteiger partial charge is 0.466 e. The van der Waals surface area contributed by atoms with Gasteiger partial charge >= 0.3 is 16.4 Å². The van der Waals surface area contributed by atoms with Gasteiger partial charge in [-0.05, 0) is 95.5 Å². The lowest BCUT2D eigenvalue weighted by molar-refractivity contribution is -0.346. The van der Waals surface area contributed by atoms with Crippen LogP contribution in [0.25, 0.3) is 0 Å². The molecule has 18 heteroatoms. The lowest BCUT2D eigenvalue weighted by Gasteiger charge is -2.49. The van der Waals surface area contributed by atoms with Crippen LogP contribution >= 0.6 is 0 Å². The molecule has 350 valence electrons. The molecule has 4 aliphatic rings. The smallest absolute Gasteiger partial charge is 0.456 e. The van der Waals surface area contributed by atoms with Crippen molar-refractivity contribution in [1.29, 1.82) is 0 Å². The van der Waals surface area contributed by atoms with E-state index in [4.69, 9.17) is 23.7 Å². The molecule has 2 bridgehead atoms. The fourth-order valence-electron chi connectivity index (χ4n) is 9.76. The number of ether oxygens (including phenoxy) is 5. The number of carbonyl (C=O) groups excluding carboxylic acids is 2. The van der Waals surface area contributed by atoms with Gasteiger partial charge in [0.25, 0.3) is 5.91 Å². The first-order chi connectivity index (χ1) is 28.7. The summed E-state index contributed by atoms with van der Waals surface area (Å²) in [5, 5.41) is 50.3. The molecule has 3 aliphatic heterocycles. The van der Waals surface area contributed by atoms with Crippen molar-refractivity contribution in [3.05, 3.63) is 23.3 Å². The predicted octanol–water partition coefficient (Wildman–Crippen LogP) is 3.87. The Hall–Kier alpha value is -2.52. The molecular formula is C43H72N2O15S. The van der Waals surface area contributed by atoms with Crippen LogP contribution in [0.3, 0.4) is 0 Å². The van der Waals surface area contributed by atoms with E-state index in [0.29, 0.717) is 56.9 Å². The number of oxime groups is 1. The summed E-state index contributed by atoms with van der Waals surface area (Å²) in [6.07, 6.45) is 0.584. The maximum Gasteiger partial charge on any atom is 0.466 e. The Labute approximate surface area is 361 Å². The third kappa shape index (κ3) is 13.0. The highest BCUT2D eigenvalue weighted by molar-refractivity contribution is 7.80. The van der Waals surface area contributed by atoms with Crippen LogP contribution in [0.4, 0.5) is 0 Å². The number of esters is 1. The third-order valence-electron chi connectivity index (χ3n) is 13.3. The molecule has 3 fully saturated rings. The molecule has 0 radical (unpaired) electrons. The lowest BCUT2D eigenvalue weighted by Crippen LogP contribution is -2.66. The highest BCUT2D eigenvalue weighted by atomic mass is 32.3. The van der Waals surface area contributed by atoms with Crippen molar-refractivity contribution in [3.8, 4) is 0 Å². The van der Waals surface area contributed by atoms with E-state index >= 15 is 0 Å². The molecule has 1 aliphatic carbocycles. The zero-order valence-corrected chi connectivity index (χ0v) is 38.2. The fourth-order valence-corrected chi connectivity index (χ4v) is 9.95. The average Bonchev–Trinajstić information content (AvgIpc) is 3.22. The second kappa shape index (κ2) is 22.4. The van der Waals surface area contributed by atoms with Gasteiger partial charge in [0.2, 0.25) is 5.79 Å². The molecule has 3 heterocycles. The summed E-state index contributed by atoms with van der Waals surface area (Å²) in [6, 6.07) is -1.15. The summed E-state index contributed by atoms with van der Waals surface area (Å²) < 4.78 is 67.5. The van der Waals surface area contributed by atoms with Gasteiger partial charge in [-0.25, -0.2) is 9.08 Å². The Morgan fingerprint density at radius 1 is 0.951 bits per heavy atom. The molecule has 0 spiro atoms. The Morgan fingerprint density at radius 3 is 2.23 bits per heavy atom. The highest BCUT2D eigenvalue weighted by Crippen LogP contribution is 2.40. The van der Waals surface area contributed by atoms with Crippen LogP contribution in [0.2, 0.25) is 0 Å². The van der Waals surface area contributed by atoms with Gasteiger partial charge in [-0.2, -0.15) is 8.42 Å². The van der Waals surface area contributed by atoms with Crippen LogP contribution in [0.15, 0.2) is 28.5 Å². The Kier molecular flexibility index (Phi) is 18.8. The average molecular weight is 889 g/mol. The van der Waals surface area contributed by atoms with Gasteiger partial charge < -0.3 is 49.0 Å². The minimum atomic E-state index is -5.00. The molecule has 4 rings (SSSR count). The molecule has 1 saturated carbocycles. The lowest BCUT2D eigenvalue weighted by atomic mass is 9.81. The van der Waals surface area contributed by atoms with Gasteiger partial charge in [0.1, 0.15) is 18.2 Å². The topological polar surface area (TPSA) is 240 Å². The quantitative estimate of drug-likeness (QED) is 0.101. The van der Waals surface area contributed by atoms with E-state index in [1.807, 2.05) is 32.9 Å². The number of hydrogen-bond acceptors (Lipinski definition) is 15. The van der Waals surface area contributed by atoms with Gasteiger partial charge in [-0.3, -0.25) is 9.35 Å². The Morgan fingerprint density at radius 2 is 1.61 bits per heavy atom. The maximum absolute atomic E-state index is 14.4. The molecule has 0 aromatic rings. The number of nitrogens with zero attached hydrogens (tertiary/aromatic N) is 2. The SMILES string of the molecule is CC[C@@H]1/C=C(\C)C[C@H](C)C[C@H](OC)[C@H]2O[C@@](O)(C(O)C(=O)N3CCCC[C@H]3C(=O)O[C@H](/C(C)=C/[C@@H]3CC[C@@H](O)[C@H](OC)C3)[C@H](C)[C@@H](O)C/C1=N/OS(=O)(=O)O)[C@H](C)C[C@@H]2OC. The van der Waals surface area contributed by atoms with E-state index in [1.165, 1.54) is 26.2 Å². The fraction of sp³-hybridized carbons (Fsp3) is 0.837. The number of allylic oxidation sites excluding steroid dienone is 3. The summed E-state index contributed by atoms with van der Waals surface area (Å²) in [7, 11) is -0.437. The Bertz CT molecular complexity index is 1670. The number of amides is 1. The van der Waals surface area contributed by atoms with Crippen LogP contribution in [-0.4, -0.2) is 144 Å². The van der Waals surface area contributed by atoms with Crippen molar-refractivity contribution in [3.63, 3.8) is 0 Å². The number of hydrogen-bond donors (Lipinski definition) is 5. The van der Waals surface area contributed by atoms with Crippen LogP contribution < -0.4 is 0 Å². The summed E-state index contributed by atoms with van der Waals surface area (Å²) in [6.45, 7) is 11.0. The number of cyclic esters (lactones) is 1. The van der Waals surface area contributed by atoms with Crippen molar-refractivity contribution >= 4 is 28.0 Å². The number of piperidine rings is 1. The van der Waals surface area contributed by atoms with E-state index in [2.05, 4.69) is 9.44 Å². The van der Waals surface area contributed by atoms with Gasteiger partial charge in [0, 0.05) is 52.0 Å². The van der Waals surface area contributed by atoms with Crippen molar-refractivity contribution in [2.75, 3.05) is 27.9 Å². The Balaban J connectivity index is 1.84. The molecular weight excluding hydrogens is 817 g/mol. The van der Waals surface area contributed by atoms with Crippen molar-refractivity contribution in [1.82, 2.24) is 4.90 Å². The minimum absolute atomic E-state index is 0.0487. The molecule has 17 nitrogen and oxygen atoms in total. The van der Waals surface area contributed by atoms with E-state index in [0.717, 1.165) is 5.57 Å². The van der Waals surface area contributed by atoms with E-state index in [-0.39, 0.29) is 43.4 Å². The van der Waals surface area contributed by atoms with E-state index < -0.39 is 101 Å². The van der Waals surface area contributed by atoms with Crippen LogP contribution in [0, 0.1) is 29.6 Å². The maximum atomic E-state index is 14.4. The minimum Gasteiger partial charge on any atom is -0.456 e. The second-order valence-corrected chi connectivity index (χ2v) is 18.9. The number of rotatable bonds is 8. The summed E-state index contributed by atoms with van der Waals surface area (Å²) >= 11 is 0. The monoisotopic (exact) mass is 888 g/mol. The second-order valence-electron chi connectivity index (χ2n) is 17.9. The molecule has 1 amide bonds. The molecule has 15 atom stereocenters. The van der Waals surface area contributed by atoms with Gasteiger partial charge in [-0.1, -0.05) is 50.6 Å². The summed E-state index contributed by atoms with van der Waals surface area (Å²) in [4.78, 5) is 30.1.